The average Bonchev–Trinajstić information content (AvgIpc) is 2.50. The fraction of sp³-hybridized carbons (Fsp3) is 0.462. The molecule has 116 valence electrons. The molecular formula is C13H20N4O4. The van der Waals surface area contributed by atoms with E-state index in [1.807, 2.05) is 18.7 Å². The molecule has 1 aromatic carbocycles. The monoisotopic (exact) mass is 296 g/mol. The van der Waals surface area contributed by atoms with Crippen LogP contribution >= 0.6 is 0 Å². The molecule has 1 rings (SSSR count). The van der Waals surface area contributed by atoms with E-state index in [4.69, 9.17) is 15.7 Å². The zero-order valence-electron chi connectivity index (χ0n) is 12.2. The van der Waals surface area contributed by atoms with Crippen molar-refractivity contribution < 1.29 is 14.9 Å². The van der Waals surface area contributed by atoms with Crippen LogP contribution in [0.25, 0.3) is 0 Å². The predicted octanol–water partition coefficient (Wildman–Crippen LogP) is 1.55. The zero-order chi connectivity index (χ0) is 15.8. The van der Waals surface area contributed by atoms with Gasteiger partial charge in [0, 0.05) is 31.3 Å². The Bertz CT molecular complexity index is 519. The Kier molecular flexibility index (Phi) is 6.41. The maximum atomic E-state index is 11.2. The van der Waals surface area contributed by atoms with Crippen molar-refractivity contribution in [1.82, 2.24) is 0 Å². The fourth-order valence-corrected chi connectivity index (χ4v) is 1.92. The number of rotatable bonds is 8. The van der Waals surface area contributed by atoms with Crippen molar-refractivity contribution in [3.63, 3.8) is 0 Å². The minimum atomic E-state index is -0.479. The number of hydrogen-bond acceptors (Lipinski definition) is 6. The van der Waals surface area contributed by atoms with Crippen LogP contribution in [0.3, 0.4) is 0 Å². The number of nitro groups is 1. The van der Waals surface area contributed by atoms with Gasteiger partial charge in [0.1, 0.15) is 5.69 Å². The minimum absolute atomic E-state index is 0.0857. The molecule has 0 amide bonds. The largest absolute Gasteiger partial charge is 0.409 e. The third kappa shape index (κ3) is 4.32. The van der Waals surface area contributed by atoms with Gasteiger partial charge >= 0.3 is 0 Å². The lowest BCUT2D eigenvalue weighted by atomic mass is 10.1. The Balaban J connectivity index is 3.12. The number of oxime groups is 1. The van der Waals surface area contributed by atoms with Gasteiger partial charge in [0.05, 0.1) is 11.5 Å². The second-order valence-corrected chi connectivity index (χ2v) is 4.22. The van der Waals surface area contributed by atoms with Gasteiger partial charge in [-0.05, 0) is 26.0 Å². The van der Waals surface area contributed by atoms with Crippen LogP contribution in [-0.2, 0) is 4.74 Å². The van der Waals surface area contributed by atoms with E-state index >= 15 is 0 Å². The normalized spacial score (nSPS) is 11.4. The number of benzene rings is 1. The summed E-state index contributed by atoms with van der Waals surface area (Å²) in [5.41, 5.74) is 6.16. The summed E-state index contributed by atoms with van der Waals surface area (Å²) in [6.07, 6.45) is 0. The molecule has 21 heavy (non-hydrogen) atoms. The number of ether oxygens (including phenoxy) is 1. The summed E-state index contributed by atoms with van der Waals surface area (Å²) in [4.78, 5) is 12.6. The van der Waals surface area contributed by atoms with Crippen LogP contribution in [0.5, 0.6) is 0 Å². The molecular weight excluding hydrogens is 276 g/mol. The first-order valence-corrected chi connectivity index (χ1v) is 6.64. The summed E-state index contributed by atoms with van der Waals surface area (Å²) in [6.45, 7) is 6.05. The van der Waals surface area contributed by atoms with Crippen LogP contribution < -0.4 is 10.6 Å². The highest BCUT2D eigenvalue weighted by Gasteiger charge is 2.20. The van der Waals surface area contributed by atoms with Crippen LogP contribution in [0.2, 0.25) is 0 Å². The number of nitrogens with two attached hydrogens (primary N) is 1. The third-order valence-electron chi connectivity index (χ3n) is 3.01. The summed E-state index contributed by atoms with van der Waals surface area (Å²) in [5, 5.41) is 22.7. The summed E-state index contributed by atoms with van der Waals surface area (Å²) in [5.74, 6) is -0.165. The zero-order valence-corrected chi connectivity index (χ0v) is 12.2. The predicted molar refractivity (Wildman–Crippen MR) is 80.0 cm³/mol. The van der Waals surface area contributed by atoms with Crippen molar-refractivity contribution >= 4 is 17.2 Å². The molecule has 0 spiro atoms. The van der Waals surface area contributed by atoms with E-state index in [2.05, 4.69) is 5.16 Å². The molecule has 3 N–H and O–H groups in total. The maximum Gasteiger partial charge on any atom is 0.293 e. The van der Waals surface area contributed by atoms with Crippen molar-refractivity contribution in [3.8, 4) is 0 Å². The molecule has 0 unspecified atom stereocenters. The molecule has 0 saturated carbocycles. The lowest BCUT2D eigenvalue weighted by Crippen LogP contribution is -2.28. The van der Waals surface area contributed by atoms with E-state index in [-0.39, 0.29) is 11.5 Å². The van der Waals surface area contributed by atoms with E-state index in [0.717, 1.165) is 0 Å². The Morgan fingerprint density at radius 3 is 2.76 bits per heavy atom. The molecule has 0 aliphatic carbocycles. The third-order valence-corrected chi connectivity index (χ3v) is 3.01. The van der Waals surface area contributed by atoms with Crippen LogP contribution in [0.1, 0.15) is 19.4 Å². The Morgan fingerprint density at radius 1 is 1.52 bits per heavy atom. The summed E-state index contributed by atoms with van der Waals surface area (Å²) < 4.78 is 5.28. The molecule has 1 aromatic rings. The molecule has 0 fully saturated rings. The molecule has 0 radical (unpaired) electrons. The van der Waals surface area contributed by atoms with E-state index in [1.54, 1.807) is 12.1 Å². The van der Waals surface area contributed by atoms with Crippen molar-refractivity contribution in [3.05, 3.63) is 33.9 Å². The number of nitrogens with zero attached hydrogens (tertiary/aromatic N) is 3. The van der Waals surface area contributed by atoms with Gasteiger partial charge in [-0.1, -0.05) is 5.16 Å². The average molecular weight is 296 g/mol. The molecule has 0 aliphatic heterocycles. The van der Waals surface area contributed by atoms with Crippen LogP contribution in [0.4, 0.5) is 11.4 Å². The van der Waals surface area contributed by atoms with Gasteiger partial charge in [0.25, 0.3) is 5.69 Å². The summed E-state index contributed by atoms with van der Waals surface area (Å²) in [6, 6.07) is 4.48. The first-order valence-electron chi connectivity index (χ1n) is 6.64. The van der Waals surface area contributed by atoms with Crippen molar-refractivity contribution in [2.75, 3.05) is 31.2 Å². The molecule has 0 saturated heterocycles. The highest BCUT2D eigenvalue weighted by atomic mass is 16.6. The summed E-state index contributed by atoms with van der Waals surface area (Å²) in [7, 11) is 0. The topological polar surface area (TPSA) is 114 Å². The smallest absolute Gasteiger partial charge is 0.293 e. The molecule has 8 nitrogen and oxygen atoms in total. The number of anilines is 1. The fourth-order valence-electron chi connectivity index (χ4n) is 1.92. The SMILES string of the molecule is CCOCCN(CC)c1ccc(C(N)=NO)cc1[N+](=O)[O-]. The molecule has 0 bridgehead atoms. The highest BCUT2D eigenvalue weighted by molar-refractivity contribution is 5.98. The molecule has 8 heteroatoms. The van der Waals surface area contributed by atoms with Crippen LogP contribution in [-0.4, -0.2) is 42.3 Å². The highest BCUT2D eigenvalue weighted by Crippen LogP contribution is 2.29. The Labute approximate surface area is 122 Å². The van der Waals surface area contributed by atoms with E-state index < -0.39 is 4.92 Å². The second kappa shape index (κ2) is 8.05. The maximum absolute atomic E-state index is 11.2. The van der Waals surface area contributed by atoms with Crippen molar-refractivity contribution in [1.29, 1.82) is 0 Å². The number of amidine groups is 1. The Hall–Kier alpha value is -2.35. The minimum Gasteiger partial charge on any atom is -0.409 e. The first kappa shape index (κ1) is 16.7. The standard InChI is InChI=1S/C13H20N4O4/c1-3-16(7-8-21-4-2)11-6-5-10(13(14)15-18)9-12(11)17(19)20/h5-6,9,18H,3-4,7-8H2,1-2H3,(H2,14,15). The lowest BCUT2D eigenvalue weighted by Gasteiger charge is -2.22. The molecule has 0 aliphatic rings. The van der Waals surface area contributed by atoms with Gasteiger partial charge < -0.3 is 20.6 Å². The van der Waals surface area contributed by atoms with Gasteiger partial charge in [-0.25, -0.2) is 0 Å². The van der Waals surface area contributed by atoms with Crippen LogP contribution in [0.15, 0.2) is 23.4 Å². The number of hydrogen-bond donors (Lipinski definition) is 2. The van der Waals surface area contributed by atoms with E-state index in [0.29, 0.717) is 37.6 Å². The molecule has 0 atom stereocenters. The quantitative estimate of drug-likeness (QED) is 0.188. The van der Waals surface area contributed by atoms with Gasteiger partial charge in [0.2, 0.25) is 0 Å². The second-order valence-electron chi connectivity index (χ2n) is 4.22. The molecule has 0 heterocycles. The van der Waals surface area contributed by atoms with Crippen LogP contribution in [0, 0.1) is 10.1 Å². The summed E-state index contributed by atoms with van der Waals surface area (Å²) >= 11 is 0. The van der Waals surface area contributed by atoms with Gasteiger partial charge in [-0.2, -0.15) is 0 Å². The van der Waals surface area contributed by atoms with E-state index in [9.17, 15) is 10.1 Å². The van der Waals surface area contributed by atoms with Crippen molar-refractivity contribution in [2.45, 2.75) is 13.8 Å². The number of likely N-dealkylation sites (N-methyl/N-ethyl adjacent to an activating group) is 1. The molecule has 0 aromatic heterocycles. The van der Waals surface area contributed by atoms with Gasteiger partial charge in [0.15, 0.2) is 5.84 Å². The van der Waals surface area contributed by atoms with E-state index in [1.165, 1.54) is 6.07 Å². The first-order chi connectivity index (χ1) is 10.0. The number of nitro benzene ring substituents is 1. The van der Waals surface area contributed by atoms with Gasteiger partial charge in [-0.15, -0.1) is 0 Å². The van der Waals surface area contributed by atoms with Gasteiger partial charge in [-0.3, -0.25) is 10.1 Å². The Morgan fingerprint density at radius 2 is 2.24 bits per heavy atom. The lowest BCUT2D eigenvalue weighted by molar-refractivity contribution is -0.384. The van der Waals surface area contributed by atoms with Crippen molar-refractivity contribution in [2.24, 2.45) is 10.9 Å².